The van der Waals surface area contributed by atoms with Crippen molar-refractivity contribution < 1.29 is 28.9 Å². The number of nitrogens with zero attached hydrogens (tertiary/aromatic N) is 2. The Morgan fingerprint density at radius 3 is 2.84 bits per heavy atom. The van der Waals surface area contributed by atoms with Gasteiger partial charge in [-0.3, -0.25) is 4.79 Å². The summed E-state index contributed by atoms with van der Waals surface area (Å²) in [5.74, 6) is -0.166. The highest BCUT2D eigenvalue weighted by Gasteiger charge is 2.46. The third-order valence-electron chi connectivity index (χ3n) is 6.15. The molecule has 3 aliphatic heterocycles. The number of aryl methyl sites for hydroxylation is 1. The zero-order chi connectivity index (χ0) is 22.0. The summed E-state index contributed by atoms with van der Waals surface area (Å²) in [6, 6.07) is 2.75. The molecule has 0 radical (unpaired) electrons. The Labute approximate surface area is 182 Å². The number of carbonyl (C=O) groups excluding carboxylic acids is 2. The van der Waals surface area contributed by atoms with Gasteiger partial charge in [0, 0.05) is 19.2 Å². The maximum Gasteiger partial charge on any atom is 0.416 e. The molecular weight excluding hydrogens is 400 g/mol. The van der Waals surface area contributed by atoms with E-state index in [1.807, 2.05) is 0 Å². The van der Waals surface area contributed by atoms with E-state index in [2.05, 4.69) is 6.58 Å². The molecule has 4 rings (SSSR count). The first-order valence-electron chi connectivity index (χ1n) is 11.0. The van der Waals surface area contributed by atoms with E-state index >= 15 is 0 Å². The minimum absolute atomic E-state index is 0.000564. The predicted octanol–water partition coefficient (Wildman–Crippen LogP) is 3.71. The molecule has 2 unspecified atom stereocenters. The Kier molecular flexibility index (Phi) is 6.48. The molecule has 2 fully saturated rings. The second-order valence-corrected chi connectivity index (χ2v) is 8.28. The number of aromatic hydroxyl groups is 1. The molecule has 0 bridgehead atoms. The fraction of sp³-hybridized carbons (Fsp3) is 0.565. The first-order chi connectivity index (χ1) is 15.0. The number of hydrogen-bond donors (Lipinski definition) is 1. The van der Waals surface area contributed by atoms with Crippen molar-refractivity contribution in [1.29, 1.82) is 0 Å². The van der Waals surface area contributed by atoms with Crippen molar-refractivity contribution in [3.05, 3.63) is 35.9 Å². The van der Waals surface area contributed by atoms with Gasteiger partial charge < -0.3 is 24.2 Å². The normalized spacial score (nSPS) is 26.0. The van der Waals surface area contributed by atoms with Crippen LogP contribution in [0.3, 0.4) is 0 Å². The number of carbonyl (C=O) groups is 2. The summed E-state index contributed by atoms with van der Waals surface area (Å²) in [4.78, 5) is 29.9. The highest BCUT2D eigenvalue weighted by atomic mass is 16.7. The van der Waals surface area contributed by atoms with Crippen molar-refractivity contribution in [3.63, 3.8) is 0 Å². The van der Waals surface area contributed by atoms with Crippen molar-refractivity contribution in [1.82, 2.24) is 4.90 Å². The van der Waals surface area contributed by atoms with Gasteiger partial charge in [0.25, 0.3) is 5.91 Å². The van der Waals surface area contributed by atoms with Gasteiger partial charge in [-0.25, -0.2) is 9.69 Å². The van der Waals surface area contributed by atoms with Crippen LogP contribution in [-0.4, -0.2) is 60.3 Å². The van der Waals surface area contributed by atoms with Crippen LogP contribution >= 0.6 is 0 Å². The fourth-order valence-electron chi connectivity index (χ4n) is 4.55. The lowest BCUT2D eigenvalue weighted by Gasteiger charge is -2.42. The average molecular weight is 431 g/mol. The third kappa shape index (κ3) is 4.27. The van der Waals surface area contributed by atoms with Gasteiger partial charge in [-0.05, 0) is 57.1 Å². The number of piperidine rings is 1. The molecule has 168 valence electrons. The summed E-state index contributed by atoms with van der Waals surface area (Å²) < 4.78 is 17.6. The number of benzene rings is 1. The Morgan fingerprint density at radius 2 is 2.10 bits per heavy atom. The van der Waals surface area contributed by atoms with Gasteiger partial charge in [-0.15, -0.1) is 0 Å². The van der Waals surface area contributed by atoms with Crippen molar-refractivity contribution in [2.45, 2.75) is 64.0 Å². The molecule has 1 aromatic rings. The van der Waals surface area contributed by atoms with Crippen LogP contribution in [0.4, 0.5) is 10.5 Å². The number of phenols is 1. The van der Waals surface area contributed by atoms with Crippen molar-refractivity contribution >= 4 is 17.7 Å². The second-order valence-electron chi connectivity index (χ2n) is 8.28. The van der Waals surface area contributed by atoms with Crippen LogP contribution in [0.1, 0.15) is 54.4 Å². The lowest BCUT2D eigenvalue weighted by atomic mass is 10.00. The monoisotopic (exact) mass is 430 g/mol. The molecule has 31 heavy (non-hydrogen) atoms. The summed E-state index contributed by atoms with van der Waals surface area (Å²) in [6.07, 6.45) is 4.78. The summed E-state index contributed by atoms with van der Waals surface area (Å²) in [5.41, 5.74) is 1.21. The maximum atomic E-state index is 13.5. The Bertz CT molecular complexity index is 851. The standard InChI is InChI=1S/C23H30N2O6/c1-3-11-30-23(28)25-18-14-19(26)15(2)13-16(18)21(27)24-10-6-4-8-17(24)22(25)31-20-9-5-7-12-29-20/h3,13-14,17,20,22,26H,1,4-12H2,2H3/t17-,20?,22?/m0/s1. The maximum absolute atomic E-state index is 13.5. The number of hydrogen-bond acceptors (Lipinski definition) is 6. The van der Waals surface area contributed by atoms with E-state index in [-0.39, 0.29) is 30.0 Å². The second kappa shape index (κ2) is 9.28. The number of ether oxygens (including phenoxy) is 3. The van der Waals surface area contributed by atoms with Crippen LogP contribution in [-0.2, 0) is 14.2 Å². The van der Waals surface area contributed by atoms with Crippen LogP contribution in [0.5, 0.6) is 5.75 Å². The molecule has 1 N–H and O–H groups in total. The summed E-state index contributed by atoms with van der Waals surface area (Å²) in [7, 11) is 0. The van der Waals surface area contributed by atoms with Gasteiger partial charge in [-0.1, -0.05) is 12.7 Å². The smallest absolute Gasteiger partial charge is 0.416 e. The van der Waals surface area contributed by atoms with E-state index in [1.165, 1.54) is 17.0 Å². The summed E-state index contributed by atoms with van der Waals surface area (Å²) in [6.45, 7) is 6.55. The zero-order valence-corrected chi connectivity index (χ0v) is 17.9. The number of phenolic OH excluding ortho intramolecular Hbond substituents is 1. The van der Waals surface area contributed by atoms with Gasteiger partial charge in [0.15, 0.2) is 12.5 Å². The number of rotatable bonds is 4. The van der Waals surface area contributed by atoms with Crippen molar-refractivity contribution in [2.24, 2.45) is 0 Å². The molecule has 0 spiro atoms. The third-order valence-corrected chi connectivity index (χ3v) is 6.15. The first kappa shape index (κ1) is 21.6. The van der Waals surface area contributed by atoms with Crippen LogP contribution < -0.4 is 4.90 Å². The Morgan fingerprint density at radius 1 is 1.29 bits per heavy atom. The molecule has 0 aromatic heterocycles. The highest BCUT2D eigenvalue weighted by Crippen LogP contribution is 2.39. The minimum atomic E-state index is -0.784. The van der Waals surface area contributed by atoms with E-state index < -0.39 is 18.6 Å². The topological polar surface area (TPSA) is 88.5 Å². The largest absolute Gasteiger partial charge is 0.508 e. The van der Waals surface area contributed by atoms with E-state index in [0.717, 1.165) is 32.1 Å². The van der Waals surface area contributed by atoms with Crippen LogP contribution in [0.15, 0.2) is 24.8 Å². The van der Waals surface area contributed by atoms with Gasteiger partial charge in [-0.2, -0.15) is 0 Å². The quantitative estimate of drug-likeness (QED) is 0.733. The molecule has 0 saturated carbocycles. The summed E-state index contributed by atoms with van der Waals surface area (Å²) in [5, 5.41) is 10.4. The van der Waals surface area contributed by atoms with Gasteiger partial charge in [0.2, 0.25) is 0 Å². The molecule has 8 nitrogen and oxygen atoms in total. The average Bonchev–Trinajstić information content (AvgIpc) is 2.87. The van der Waals surface area contributed by atoms with E-state index in [4.69, 9.17) is 14.2 Å². The van der Waals surface area contributed by atoms with E-state index in [1.54, 1.807) is 17.9 Å². The zero-order valence-electron chi connectivity index (χ0n) is 17.9. The van der Waals surface area contributed by atoms with Gasteiger partial charge in [0.1, 0.15) is 12.4 Å². The molecule has 8 heteroatoms. The number of anilines is 1. The number of amides is 2. The van der Waals surface area contributed by atoms with E-state index in [0.29, 0.717) is 30.7 Å². The van der Waals surface area contributed by atoms with Gasteiger partial charge in [0.05, 0.1) is 17.3 Å². The predicted molar refractivity (Wildman–Crippen MR) is 114 cm³/mol. The van der Waals surface area contributed by atoms with Gasteiger partial charge >= 0.3 is 6.09 Å². The summed E-state index contributed by atoms with van der Waals surface area (Å²) >= 11 is 0. The first-order valence-corrected chi connectivity index (χ1v) is 11.0. The lowest BCUT2D eigenvalue weighted by molar-refractivity contribution is -0.198. The van der Waals surface area contributed by atoms with Crippen molar-refractivity contribution in [2.75, 3.05) is 24.7 Å². The highest BCUT2D eigenvalue weighted by molar-refractivity contribution is 6.05. The van der Waals surface area contributed by atoms with E-state index in [9.17, 15) is 14.7 Å². The minimum Gasteiger partial charge on any atom is -0.508 e. The van der Waals surface area contributed by atoms with Crippen molar-refractivity contribution in [3.8, 4) is 5.75 Å². The Hall–Kier alpha value is -2.58. The van der Waals surface area contributed by atoms with Crippen LogP contribution in [0.2, 0.25) is 0 Å². The molecule has 1 aromatic carbocycles. The molecule has 3 heterocycles. The number of fused-ring (bicyclic) bond motifs is 2. The molecular formula is C23H30N2O6. The molecule has 2 amide bonds. The molecule has 0 aliphatic carbocycles. The van der Waals surface area contributed by atoms with Crippen LogP contribution in [0.25, 0.3) is 0 Å². The fourth-order valence-corrected chi connectivity index (χ4v) is 4.55. The lowest BCUT2D eigenvalue weighted by Crippen LogP contribution is -2.57. The SMILES string of the molecule is C=CCOC(=O)N1c2cc(O)c(C)cc2C(=O)N2CCCC[C@H]2C1OC1CCCCO1. The molecule has 3 aliphatic rings. The molecule has 2 saturated heterocycles. The Balaban J connectivity index is 1.82. The molecule has 3 atom stereocenters. The van der Waals surface area contributed by atoms with Crippen LogP contribution in [0, 0.1) is 6.92 Å².